The smallest absolute Gasteiger partial charge is 0.00845 e. The summed E-state index contributed by atoms with van der Waals surface area (Å²) < 4.78 is 0. The number of likely N-dealkylation sites (tertiary alicyclic amines) is 1. The van der Waals surface area contributed by atoms with E-state index in [9.17, 15) is 0 Å². The third-order valence-corrected chi connectivity index (χ3v) is 2.78. The van der Waals surface area contributed by atoms with Crippen LogP contribution in [0.2, 0.25) is 0 Å². The summed E-state index contributed by atoms with van der Waals surface area (Å²) in [6.45, 7) is 10.6. The Kier molecular flexibility index (Phi) is 2.94. The Morgan fingerprint density at radius 3 is 2.18 bits per heavy atom. The SMILES string of the molecule is CC(C)CCN1C(C)CC1C. The molecule has 1 nitrogen and oxygen atoms in total. The van der Waals surface area contributed by atoms with Crippen molar-refractivity contribution >= 4 is 0 Å². The number of hydrogen-bond donors (Lipinski definition) is 0. The van der Waals surface area contributed by atoms with Crippen LogP contribution in [-0.2, 0) is 0 Å². The van der Waals surface area contributed by atoms with Crippen LogP contribution in [0.4, 0.5) is 0 Å². The molecule has 0 radical (unpaired) electrons. The highest BCUT2D eigenvalue weighted by molar-refractivity contribution is 4.86. The van der Waals surface area contributed by atoms with Crippen LogP contribution in [0.15, 0.2) is 0 Å². The molecule has 1 saturated heterocycles. The Labute approximate surface area is 70.8 Å². The van der Waals surface area contributed by atoms with Gasteiger partial charge >= 0.3 is 0 Å². The quantitative estimate of drug-likeness (QED) is 0.605. The maximum Gasteiger partial charge on any atom is 0.00845 e. The molecule has 1 heteroatoms. The highest BCUT2D eigenvalue weighted by Crippen LogP contribution is 2.25. The zero-order chi connectivity index (χ0) is 8.43. The molecule has 0 aromatic carbocycles. The van der Waals surface area contributed by atoms with Gasteiger partial charge in [-0.2, -0.15) is 0 Å². The highest BCUT2D eigenvalue weighted by Gasteiger charge is 2.30. The molecule has 1 fully saturated rings. The Bertz CT molecular complexity index is 112. The van der Waals surface area contributed by atoms with Crippen LogP contribution < -0.4 is 0 Å². The van der Waals surface area contributed by atoms with E-state index in [1.807, 2.05) is 0 Å². The first-order chi connectivity index (χ1) is 5.11. The summed E-state index contributed by atoms with van der Waals surface area (Å²) in [6.07, 6.45) is 2.76. The lowest BCUT2D eigenvalue weighted by Gasteiger charge is -2.45. The van der Waals surface area contributed by atoms with E-state index in [4.69, 9.17) is 0 Å². The molecule has 1 aliphatic rings. The predicted octanol–water partition coefficient (Wildman–Crippen LogP) is 2.52. The number of hydrogen-bond acceptors (Lipinski definition) is 1. The van der Waals surface area contributed by atoms with Crippen LogP contribution in [0.5, 0.6) is 0 Å². The maximum absolute atomic E-state index is 2.61. The zero-order valence-electron chi connectivity index (χ0n) is 8.30. The van der Waals surface area contributed by atoms with Crippen molar-refractivity contribution in [1.29, 1.82) is 0 Å². The summed E-state index contributed by atoms with van der Waals surface area (Å²) >= 11 is 0. The second-order valence-corrected chi connectivity index (χ2v) is 4.35. The molecule has 0 spiro atoms. The fourth-order valence-corrected chi connectivity index (χ4v) is 1.91. The van der Waals surface area contributed by atoms with E-state index < -0.39 is 0 Å². The van der Waals surface area contributed by atoms with Gasteiger partial charge in [-0.25, -0.2) is 0 Å². The predicted molar refractivity (Wildman–Crippen MR) is 49.7 cm³/mol. The Morgan fingerprint density at radius 1 is 1.27 bits per heavy atom. The van der Waals surface area contributed by atoms with Gasteiger partial charge in [-0.15, -0.1) is 0 Å². The molecule has 1 rings (SSSR count). The molecule has 2 unspecified atom stereocenters. The van der Waals surface area contributed by atoms with E-state index in [1.54, 1.807) is 0 Å². The Balaban J connectivity index is 2.15. The van der Waals surface area contributed by atoms with E-state index in [-0.39, 0.29) is 0 Å². The highest BCUT2D eigenvalue weighted by atomic mass is 15.2. The first-order valence-corrected chi connectivity index (χ1v) is 4.87. The van der Waals surface area contributed by atoms with Crippen molar-refractivity contribution < 1.29 is 0 Å². The molecule has 0 aliphatic carbocycles. The third-order valence-electron chi connectivity index (χ3n) is 2.78. The molecule has 66 valence electrons. The summed E-state index contributed by atoms with van der Waals surface area (Å²) in [4.78, 5) is 2.61. The van der Waals surface area contributed by atoms with Gasteiger partial charge in [-0.3, -0.25) is 4.90 Å². The normalized spacial score (nSPS) is 32.5. The second kappa shape index (κ2) is 3.57. The van der Waals surface area contributed by atoms with Gasteiger partial charge in [-0.1, -0.05) is 13.8 Å². The van der Waals surface area contributed by atoms with Gasteiger partial charge in [0.1, 0.15) is 0 Å². The molecule has 11 heavy (non-hydrogen) atoms. The molecule has 2 atom stereocenters. The molecule has 1 aliphatic heterocycles. The van der Waals surface area contributed by atoms with Crippen LogP contribution in [0.1, 0.15) is 40.5 Å². The van der Waals surface area contributed by atoms with Crippen LogP contribution in [0, 0.1) is 5.92 Å². The van der Waals surface area contributed by atoms with Crippen LogP contribution in [0.25, 0.3) is 0 Å². The molecule has 1 heterocycles. The first-order valence-electron chi connectivity index (χ1n) is 4.87. The fourth-order valence-electron chi connectivity index (χ4n) is 1.91. The van der Waals surface area contributed by atoms with Crippen molar-refractivity contribution in [3.05, 3.63) is 0 Å². The van der Waals surface area contributed by atoms with Crippen LogP contribution >= 0.6 is 0 Å². The van der Waals surface area contributed by atoms with Crippen molar-refractivity contribution in [1.82, 2.24) is 4.90 Å². The van der Waals surface area contributed by atoms with Gasteiger partial charge in [0.25, 0.3) is 0 Å². The van der Waals surface area contributed by atoms with Gasteiger partial charge in [0.15, 0.2) is 0 Å². The molecule has 0 amide bonds. The lowest BCUT2D eigenvalue weighted by Crippen LogP contribution is -2.53. The van der Waals surface area contributed by atoms with Gasteiger partial charge in [-0.05, 0) is 39.2 Å². The standard InChI is InChI=1S/C10H21N/c1-8(2)5-6-11-9(3)7-10(11)4/h8-10H,5-7H2,1-4H3. The van der Waals surface area contributed by atoms with Gasteiger partial charge in [0.05, 0.1) is 0 Å². The van der Waals surface area contributed by atoms with E-state index in [0.717, 1.165) is 18.0 Å². The minimum atomic E-state index is 0.851. The summed E-state index contributed by atoms with van der Waals surface area (Å²) in [7, 11) is 0. The molecule has 0 aromatic heterocycles. The number of nitrogens with zero attached hydrogens (tertiary/aromatic N) is 1. The first kappa shape index (κ1) is 9.05. The molecular weight excluding hydrogens is 134 g/mol. The van der Waals surface area contributed by atoms with Gasteiger partial charge < -0.3 is 0 Å². The van der Waals surface area contributed by atoms with Gasteiger partial charge in [0, 0.05) is 12.1 Å². The second-order valence-electron chi connectivity index (χ2n) is 4.35. The summed E-state index contributed by atoms with van der Waals surface area (Å²) in [6, 6.07) is 1.70. The maximum atomic E-state index is 2.61. The topological polar surface area (TPSA) is 3.24 Å². The minimum Gasteiger partial charge on any atom is -0.298 e. The average Bonchev–Trinajstić information content (AvgIpc) is 1.86. The molecule has 0 N–H and O–H groups in total. The lowest BCUT2D eigenvalue weighted by molar-refractivity contribution is 0.0338. The third kappa shape index (κ3) is 2.19. The fraction of sp³-hybridized carbons (Fsp3) is 1.00. The van der Waals surface area contributed by atoms with E-state index in [1.165, 1.54) is 19.4 Å². The van der Waals surface area contributed by atoms with Crippen molar-refractivity contribution in [2.45, 2.75) is 52.6 Å². The van der Waals surface area contributed by atoms with E-state index in [2.05, 4.69) is 32.6 Å². The summed E-state index contributed by atoms with van der Waals surface area (Å²) in [5, 5.41) is 0. The van der Waals surface area contributed by atoms with E-state index in [0.29, 0.717) is 0 Å². The summed E-state index contributed by atoms with van der Waals surface area (Å²) in [5.41, 5.74) is 0. The molecule has 0 aromatic rings. The Morgan fingerprint density at radius 2 is 1.82 bits per heavy atom. The zero-order valence-corrected chi connectivity index (χ0v) is 8.30. The monoisotopic (exact) mass is 155 g/mol. The van der Waals surface area contributed by atoms with Crippen molar-refractivity contribution in [3.8, 4) is 0 Å². The molecular formula is C10H21N. The van der Waals surface area contributed by atoms with Crippen LogP contribution in [-0.4, -0.2) is 23.5 Å². The van der Waals surface area contributed by atoms with Crippen molar-refractivity contribution in [3.63, 3.8) is 0 Å². The summed E-state index contributed by atoms with van der Waals surface area (Å²) in [5.74, 6) is 0.856. The van der Waals surface area contributed by atoms with Crippen LogP contribution in [0.3, 0.4) is 0 Å². The largest absolute Gasteiger partial charge is 0.298 e. The van der Waals surface area contributed by atoms with Crippen molar-refractivity contribution in [2.75, 3.05) is 6.54 Å². The van der Waals surface area contributed by atoms with Gasteiger partial charge in [0.2, 0.25) is 0 Å². The minimum absolute atomic E-state index is 0.851. The van der Waals surface area contributed by atoms with E-state index >= 15 is 0 Å². The lowest BCUT2D eigenvalue weighted by atomic mass is 9.94. The number of rotatable bonds is 3. The Hall–Kier alpha value is -0.0400. The molecule has 0 saturated carbocycles. The molecule has 0 bridgehead atoms. The average molecular weight is 155 g/mol. The van der Waals surface area contributed by atoms with Crippen molar-refractivity contribution in [2.24, 2.45) is 5.92 Å².